The molecule has 4 heterocycles. The molecule has 3 aromatic heterocycles. The summed E-state index contributed by atoms with van der Waals surface area (Å²) in [5.74, 6) is 0.779. The number of amides is 1. The van der Waals surface area contributed by atoms with Crippen LogP contribution in [0.15, 0.2) is 35.8 Å². The predicted molar refractivity (Wildman–Crippen MR) is 127 cm³/mol. The molecule has 0 aromatic carbocycles. The van der Waals surface area contributed by atoms with Crippen molar-refractivity contribution in [1.82, 2.24) is 25.2 Å². The maximum Gasteiger partial charge on any atom is 0.271 e. The number of anilines is 1. The van der Waals surface area contributed by atoms with Crippen LogP contribution < -0.4 is 10.6 Å². The molecule has 0 radical (unpaired) electrons. The van der Waals surface area contributed by atoms with Crippen LogP contribution in [0.4, 0.5) is 5.95 Å². The highest BCUT2D eigenvalue weighted by Gasteiger charge is 2.22. The smallest absolute Gasteiger partial charge is 0.271 e. The third kappa shape index (κ3) is 5.59. The van der Waals surface area contributed by atoms with E-state index in [2.05, 4.69) is 30.5 Å². The molecule has 0 spiro atoms. The third-order valence-corrected chi connectivity index (χ3v) is 6.78. The lowest BCUT2D eigenvalue weighted by atomic mass is 9.97. The number of likely N-dealkylation sites (tertiary alicyclic amines) is 1. The van der Waals surface area contributed by atoms with E-state index in [0.29, 0.717) is 24.1 Å². The number of carbonyl (C=O) groups excluding carboxylic acids is 1. The molecule has 0 bridgehead atoms. The molecule has 4 rings (SSSR count). The van der Waals surface area contributed by atoms with Crippen LogP contribution in [0.1, 0.15) is 42.0 Å². The molecule has 1 atom stereocenters. The Morgan fingerprint density at radius 1 is 1.28 bits per heavy atom. The second-order valence-electron chi connectivity index (χ2n) is 8.14. The number of carbonyl (C=O) groups is 1. The molecule has 32 heavy (non-hydrogen) atoms. The number of ether oxygens (including phenoxy) is 1. The molecular weight excluding hydrogens is 424 g/mol. The highest BCUT2D eigenvalue weighted by molar-refractivity contribution is 7.17. The van der Waals surface area contributed by atoms with Gasteiger partial charge in [0.25, 0.3) is 5.91 Å². The van der Waals surface area contributed by atoms with Crippen molar-refractivity contribution in [3.63, 3.8) is 0 Å². The minimum atomic E-state index is -0.143. The van der Waals surface area contributed by atoms with Crippen LogP contribution in [-0.2, 0) is 4.74 Å². The molecule has 1 saturated heterocycles. The van der Waals surface area contributed by atoms with Crippen molar-refractivity contribution in [3.05, 3.63) is 47.2 Å². The summed E-state index contributed by atoms with van der Waals surface area (Å²) in [6, 6.07) is 7.63. The molecule has 8 nitrogen and oxygen atoms in total. The number of hydrogen-bond acceptors (Lipinski definition) is 8. The van der Waals surface area contributed by atoms with Gasteiger partial charge in [-0.1, -0.05) is 6.07 Å². The van der Waals surface area contributed by atoms with Gasteiger partial charge in [0.2, 0.25) is 5.95 Å². The Morgan fingerprint density at radius 3 is 2.88 bits per heavy atom. The summed E-state index contributed by atoms with van der Waals surface area (Å²) in [6.07, 6.45) is 3.92. The number of fused-ring (bicyclic) bond motifs is 1. The Labute approximate surface area is 192 Å². The number of thiophene rings is 1. The van der Waals surface area contributed by atoms with Gasteiger partial charge in [0, 0.05) is 26.4 Å². The average molecular weight is 455 g/mol. The maximum absolute atomic E-state index is 13.1. The number of aromatic nitrogens is 3. The molecule has 0 saturated carbocycles. The Balaban J connectivity index is 1.40. The molecule has 170 valence electrons. The zero-order chi connectivity index (χ0) is 22.3. The van der Waals surface area contributed by atoms with Gasteiger partial charge in [-0.05, 0) is 62.4 Å². The normalized spacial score (nSPS) is 16.2. The van der Waals surface area contributed by atoms with Gasteiger partial charge < -0.3 is 20.3 Å². The lowest BCUT2D eigenvalue weighted by Crippen LogP contribution is -2.40. The molecule has 1 unspecified atom stereocenters. The van der Waals surface area contributed by atoms with E-state index in [4.69, 9.17) is 4.74 Å². The Morgan fingerprint density at radius 2 is 2.12 bits per heavy atom. The fourth-order valence-electron chi connectivity index (χ4n) is 3.94. The van der Waals surface area contributed by atoms with E-state index in [1.807, 2.05) is 36.6 Å². The number of nitrogens with zero attached hydrogens (tertiary/aromatic N) is 4. The summed E-state index contributed by atoms with van der Waals surface area (Å²) in [7, 11) is 1.74. The highest BCUT2D eigenvalue weighted by Crippen LogP contribution is 2.25. The Kier molecular flexibility index (Phi) is 7.62. The van der Waals surface area contributed by atoms with E-state index in [-0.39, 0.29) is 11.9 Å². The number of pyridine rings is 1. The molecular formula is C23H30N6O2S. The van der Waals surface area contributed by atoms with Crippen molar-refractivity contribution in [2.24, 2.45) is 5.92 Å². The number of piperidine rings is 1. The fraction of sp³-hybridized carbons (Fsp3) is 0.478. The van der Waals surface area contributed by atoms with Gasteiger partial charge in [-0.2, -0.15) is 0 Å². The topological polar surface area (TPSA) is 92.3 Å². The average Bonchev–Trinajstić information content (AvgIpc) is 3.30. The van der Waals surface area contributed by atoms with Crippen LogP contribution in [0, 0.1) is 5.92 Å². The summed E-state index contributed by atoms with van der Waals surface area (Å²) in [5, 5.41) is 8.34. The van der Waals surface area contributed by atoms with Gasteiger partial charge in [0.15, 0.2) is 5.69 Å². The molecule has 2 N–H and O–H groups in total. The number of rotatable bonds is 9. The standard InChI is InChI=1S/C23H30N6O2S/c1-16(18-5-3-4-9-24-18)26-23-27-19-8-14-32-21(19)20(28-23)22(30)25-15-17-6-10-29(11-7-17)12-13-31-2/h3-5,8-9,14,16-17H,6-7,10-13,15H2,1-2H3,(H,25,30)(H,26,27,28). The zero-order valence-corrected chi connectivity index (χ0v) is 19.4. The SMILES string of the molecule is COCCN1CCC(CNC(=O)c2nc(NC(C)c3ccccn3)nc3ccsc23)CC1. The predicted octanol–water partition coefficient (Wildman–Crippen LogP) is 3.35. The van der Waals surface area contributed by atoms with Gasteiger partial charge in [-0.25, -0.2) is 9.97 Å². The van der Waals surface area contributed by atoms with Gasteiger partial charge in [0.1, 0.15) is 0 Å². The summed E-state index contributed by atoms with van der Waals surface area (Å²) in [5.41, 5.74) is 2.10. The number of hydrogen-bond donors (Lipinski definition) is 2. The summed E-state index contributed by atoms with van der Waals surface area (Å²) >= 11 is 1.49. The van der Waals surface area contributed by atoms with E-state index in [1.54, 1.807) is 13.3 Å². The van der Waals surface area contributed by atoms with E-state index in [1.165, 1.54) is 11.3 Å². The number of nitrogens with one attached hydrogen (secondary N) is 2. The second kappa shape index (κ2) is 10.8. The first-order valence-electron chi connectivity index (χ1n) is 11.1. The minimum absolute atomic E-state index is 0.0773. The van der Waals surface area contributed by atoms with E-state index in [0.717, 1.165) is 55.0 Å². The fourth-order valence-corrected chi connectivity index (χ4v) is 4.75. The van der Waals surface area contributed by atoms with E-state index in [9.17, 15) is 4.79 Å². The van der Waals surface area contributed by atoms with Crippen molar-refractivity contribution in [2.45, 2.75) is 25.8 Å². The quantitative estimate of drug-likeness (QED) is 0.512. The first kappa shape index (κ1) is 22.6. The first-order valence-corrected chi connectivity index (χ1v) is 11.9. The summed E-state index contributed by atoms with van der Waals surface area (Å²) in [6.45, 7) is 6.50. The van der Waals surface area contributed by atoms with Crippen LogP contribution in [0.25, 0.3) is 10.2 Å². The first-order chi connectivity index (χ1) is 15.6. The van der Waals surface area contributed by atoms with E-state index >= 15 is 0 Å². The van der Waals surface area contributed by atoms with Crippen molar-refractivity contribution < 1.29 is 9.53 Å². The molecule has 9 heteroatoms. The molecule has 3 aromatic rings. The maximum atomic E-state index is 13.1. The minimum Gasteiger partial charge on any atom is -0.383 e. The molecule has 1 aliphatic rings. The molecule has 1 fully saturated rings. The lowest BCUT2D eigenvalue weighted by Gasteiger charge is -2.31. The van der Waals surface area contributed by atoms with Gasteiger partial charge >= 0.3 is 0 Å². The van der Waals surface area contributed by atoms with Gasteiger partial charge in [-0.3, -0.25) is 9.78 Å². The lowest BCUT2D eigenvalue weighted by molar-refractivity contribution is 0.0923. The van der Waals surface area contributed by atoms with Crippen LogP contribution in [0.3, 0.4) is 0 Å². The second-order valence-corrected chi connectivity index (χ2v) is 9.06. The molecule has 0 aliphatic carbocycles. The largest absolute Gasteiger partial charge is 0.383 e. The van der Waals surface area contributed by atoms with Crippen molar-refractivity contribution in [2.75, 3.05) is 45.2 Å². The zero-order valence-electron chi connectivity index (χ0n) is 18.6. The summed E-state index contributed by atoms with van der Waals surface area (Å²) in [4.78, 5) is 29.0. The Bertz CT molecular complexity index is 1020. The number of methoxy groups -OCH3 is 1. The van der Waals surface area contributed by atoms with Crippen LogP contribution in [0.5, 0.6) is 0 Å². The Hall–Kier alpha value is -2.62. The van der Waals surface area contributed by atoms with Crippen LogP contribution in [-0.4, -0.2) is 65.7 Å². The van der Waals surface area contributed by atoms with Gasteiger partial charge in [-0.15, -0.1) is 11.3 Å². The van der Waals surface area contributed by atoms with Crippen LogP contribution >= 0.6 is 11.3 Å². The van der Waals surface area contributed by atoms with Crippen LogP contribution in [0.2, 0.25) is 0 Å². The van der Waals surface area contributed by atoms with E-state index < -0.39 is 0 Å². The monoisotopic (exact) mass is 454 g/mol. The van der Waals surface area contributed by atoms with Crippen molar-refractivity contribution >= 4 is 33.4 Å². The van der Waals surface area contributed by atoms with Crippen molar-refractivity contribution in [1.29, 1.82) is 0 Å². The third-order valence-electron chi connectivity index (χ3n) is 5.87. The molecule has 1 amide bonds. The van der Waals surface area contributed by atoms with Gasteiger partial charge in [0.05, 0.1) is 28.6 Å². The molecule has 1 aliphatic heterocycles. The van der Waals surface area contributed by atoms with Crippen molar-refractivity contribution in [3.8, 4) is 0 Å². The summed E-state index contributed by atoms with van der Waals surface area (Å²) < 4.78 is 5.98. The highest BCUT2D eigenvalue weighted by atomic mass is 32.1.